The molecule has 5 heteroatoms. The van der Waals surface area contributed by atoms with Crippen molar-refractivity contribution in [1.29, 1.82) is 0 Å². The molecule has 3 atom stereocenters. The number of nitrogens with zero attached hydrogens (tertiary/aromatic N) is 3. The number of hydrogen-bond donors (Lipinski definition) is 1. The Morgan fingerprint density at radius 3 is 2.50 bits per heavy atom. The first-order valence-corrected chi connectivity index (χ1v) is 13.9. The topological polar surface area (TPSA) is 42.7 Å². The fraction of sp³-hybridized carbons (Fsp3) is 0.586. The van der Waals surface area contributed by atoms with Crippen LogP contribution in [0.3, 0.4) is 0 Å². The van der Waals surface area contributed by atoms with Gasteiger partial charge in [-0.25, -0.2) is 4.68 Å². The van der Waals surface area contributed by atoms with E-state index in [1.165, 1.54) is 44.9 Å². The summed E-state index contributed by atoms with van der Waals surface area (Å²) in [5, 5.41) is 8.02. The number of unbranched alkanes of at least 4 members (excludes halogenated alkanes) is 1. The largest absolute Gasteiger partial charge is 0.366 e. The second-order valence-corrected chi connectivity index (χ2v) is 10.8. The van der Waals surface area contributed by atoms with Crippen molar-refractivity contribution < 1.29 is 0 Å². The Bertz CT molecular complexity index is 879. The molecule has 34 heavy (non-hydrogen) atoms. The lowest BCUT2D eigenvalue weighted by atomic mass is 9.84. The third kappa shape index (κ3) is 9.40. The van der Waals surface area contributed by atoms with E-state index in [4.69, 9.17) is 0 Å². The van der Waals surface area contributed by atoms with Gasteiger partial charge in [-0.2, -0.15) is 5.10 Å². The maximum absolute atomic E-state index is 4.51. The first kappa shape index (κ1) is 28.4. The second kappa shape index (κ2) is 15.2. The summed E-state index contributed by atoms with van der Waals surface area (Å²) in [5.74, 6) is 3.47. The molecule has 4 nitrogen and oxygen atoms in total. The first-order chi connectivity index (χ1) is 16.3. The molecule has 2 aromatic rings. The molecule has 1 N–H and O–H groups in total. The Labute approximate surface area is 216 Å². The van der Waals surface area contributed by atoms with Crippen molar-refractivity contribution in [3.05, 3.63) is 64.7 Å². The summed E-state index contributed by atoms with van der Waals surface area (Å²) in [6.45, 7) is 16.3. The van der Waals surface area contributed by atoms with Gasteiger partial charge < -0.3 is 5.32 Å². The van der Waals surface area contributed by atoms with Crippen molar-refractivity contribution in [3.8, 4) is 0 Å². The lowest BCUT2D eigenvalue weighted by Gasteiger charge is -2.22. The highest BCUT2D eigenvalue weighted by molar-refractivity contribution is 9.10. The van der Waals surface area contributed by atoms with Gasteiger partial charge in [0, 0.05) is 18.9 Å². The molecular formula is C29H45BrN4. The summed E-state index contributed by atoms with van der Waals surface area (Å²) in [6, 6.07) is 4.02. The van der Waals surface area contributed by atoms with E-state index in [1.807, 2.05) is 30.1 Å². The van der Waals surface area contributed by atoms with Crippen LogP contribution in [0.4, 0.5) is 0 Å². The molecule has 0 aliphatic heterocycles. The van der Waals surface area contributed by atoms with Crippen LogP contribution in [0.25, 0.3) is 5.82 Å². The molecule has 3 rings (SSSR count). The molecule has 0 aromatic carbocycles. The van der Waals surface area contributed by atoms with Gasteiger partial charge >= 0.3 is 0 Å². The average Bonchev–Trinajstić information content (AvgIpc) is 3.16. The molecule has 3 unspecified atom stereocenters. The molecule has 1 fully saturated rings. The fourth-order valence-corrected chi connectivity index (χ4v) is 4.91. The minimum Gasteiger partial charge on any atom is -0.366 e. The smallest absolute Gasteiger partial charge is 0.128 e. The zero-order valence-corrected chi connectivity index (χ0v) is 23.6. The van der Waals surface area contributed by atoms with Crippen LogP contribution >= 0.6 is 15.9 Å². The third-order valence-electron chi connectivity index (χ3n) is 6.82. The second-order valence-electron chi connectivity index (χ2n) is 9.93. The summed E-state index contributed by atoms with van der Waals surface area (Å²) in [6.07, 6.45) is 18.3. The normalized spacial score (nSPS) is 19.2. The van der Waals surface area contributed by atoms with Crippen LogP contribution < -0.4 is 5.32 Å². The predicted octanol–water partition coefficient (Wildman–Crippen LogP) is 8.54. The van der Waals surface area contributed by atoms with Crippen LogP contribution in [-0.4, -0.2) is 14.8 Å². The zero-order valence-electron chi connectivity index (χ0n) is 22.0. The van der Waals surface area contributed by atoms with Crippen molar-refractivity contribution in [1.82, 2.24) is 20.1 Å². The molecule has 0 bridgehead atoms. The van der Waals surface area contributed by atoms with Crippen molar-refractivity contribution in [2.75, 3.05) is 0 Å². The van der Waals surface area contributed by atoms with Crippen LogP contribution in [-0.2, 0) is 6.54 Å². The fourth-order valence-electron chi connectivity index (χ4n) is 4.65. The summed E-state index contributed by atoms with van der Waals surface area (Å²) < 4.78 is 2.92. The number of rotatable bonds is 10. The minimum absolute atomic E-state index is 0.504. The molecule has 1 saturated carbocycles. The summed E-state index contributed by atoms with van der Waals surface area (Å²) in [5.41, 5.74) is 3.34. The number of allylic oxidation sites excluding steroid dienone is 2. The average molecular weight is 530 g/mol. The SMILES string of the molecule is C=C(/C=C(/NCc1cccnc1)n1ncc(Br)c1C)C(CC)CCCC.CC1CCCC(C)C1. The lowest BCUT2D eigenvalue weighted by molar-refractivity contribution is 0.301. The van der Waals surface area contributed by atoms with E-state index >= 15 is 0 Å². The summed E-state index contributed by atoms with van der Waals surface area (Å²) >= 11 is 3.55. The Balaban J connectivity index is 0.000000430. The molecule has 1 aliphatic rings. The quantitative estimate of drug-likeness (QED) is 0.314. The van der Waals surface area contributed by atoms with Gasteiger partial charge in [0.25, 0.3) is 0 Å². The molecular weight excluding hydrogens is 484 g/mol. The van der Waals surface area contributed by atoms with Crippen molar-refractivity contribution >= 4 is 21.8 Å². The summed E-state index contributed by atoms with van der Waals surface area (Å²) in [4.78, 5) is 4.19. The molecule has 2 aromatic heterocycles. The number of nitrogens with one attached hydrogen (secondary N) is 1. The van der Waals surface area contributed by atoms with Crippen LogP contribution in [0.2, 0.25) is 0 Å². The van der Waals surface area contributed by atoms with Gasteiger partial charge in [0.05, 0.1) is 16.4 Å². The predicted molar refractivity (Wildman–Crippen MR) is 149 cm³/mol. The van der Waals surface area contributed by atoms with Gasteiger partial charge in [-0.1, -0.05) is 72.4 Å². The molecule has 0 amide bonds. The maximum Gasteiger partial charge on any atom is 0.128 e. The van der Waals surface area contributed by atoms with E-state index in [9.17, 15) is 0 Å². The summed E-state index contributed by atoms with van der Waals surface area (Å²) in [7, 11) is 0. The zero-order chi connectivity index (χ0) is 24.9. The van der Waals surface area contributed by atoms with Crippen molar-refractivity contribution in [2.45, 2.75) is 92.5 Å². The Morgan fingerprint density at radius 1 is 1.26 bits per heavy atom. The highest BCUT2D eigenvalue weighted by Crippen LogP contribution is 2.27. The monoisotopic (exact) mass is 528 g/mol. The number of halogens is 1. The number of hydrogen-bond acceptors (Lipinski definition) is 3. The molecule has 0 spiro atoms. The van der Waals surface area contributed by atoms with Gasteiger partial charge in [0.15, 0.2) is 0 Å². The maximum atomic E-state index is 4.51. The Hall–Kier alpha value is -1.88. The van der Waals surface area contributed by atoms with E-state index in [2.05, 4.69) is 77.7 Å². The van der Waals surface area contributed by atoms with Crippen LogP contribution in [0.15, 0.2) is 53.4 Å². The highest BCUT2D eigenvalue weighted by Gasteiger charge is 2.14. The molecule has 188 valence electrons. The molecule has 1 aliphatic carbocycles. The molecule has 0 saturated heterocycles. The lowest BCUT2D eigenvalue weighted by Crippen LogP contribution is -2.19. The Morgan fingerprint density at radius 2 is 2.00 bits per heavy atom. The number of aromatic nitrogens is 3. The Kier molecular flexibility index (Phi) is 12.7. The van der Waals surface area contributed by atoms with E-state index in [0.29, 0.717) is 12.5 Å². The molecule has 0 radical (unpaired) electrons. The van der Waals surface area contributed by atoms with Crippen LogP contribution in [0, 0.1) is 24.7 Å². The van der Waals surface area contributed by atoms with Gasteiger partial charge in [0.2, 0.25) is 0 Å². The first-order valence-electron chi connectivity index (χ1n) is 13.1. The van der Waals surface area contributed by atoms with Crippen molar-refractivity contribution in [2.24, 2.45) is 17.8 Å². The van der Waals surface area contributed by atoms with E-state index < -0.39 is 0 Å². The molecule has 2 heterocycles. The highest BCUT2D eigenvalue weighted by atomic mass is 79.9. The standard InChI is InChI=1S/C21H29BrN4.C8H16/c1-5-7-10-19(6-2)16(3)12-21(26-17(4)20(22)15-25-26)24-14-18-9-8-11-23-13-18;1-7-4-3-5-8(2)6-7/h8-9,11-13,15,19,24H,3,5-7,10,14H2,1-2,4H3;7-8H,3-6H2,1-2H3/b21-12-;. The third-order valence-corrected chi connectivity index (χ3v) is 7.60. The minimum atomic E-state index is 0.504. The van der Waals surface area contributed by atoms with Gasteiger partial charge in [-0.3, -0.25) is 4.98 Å². The van der Waals surface area contributed by atoms with Gasteiger partial charge in [0.1, 0.15) is 5.82 Å². The van der Waals surface area contributed by atoms with Gasteiger partial charge in [-0.05, 0) is 83.1 Å². The van der Waals surface area contributed by atoms with Crippen molar-refractivity contribution in [3.63, 3.8) is 0 Å². The van der Waals surface area contributed by atoms with E-state index in [1.54, 1.807) is 6.20 Å². The number of pyridine rings is 1. The van der Waals surface area contributed by atoms with Gasteiger partial charge in [-0.15, -0.1) is 0 Å². The van der Waals surface area contributed by atoms with Crippen LogP contribution in [0.1, 0.15) is 90.3 Å². The van der Waals surface area contributed by atoms with E-state index in [0.717, 1.165) is 45.4 Å². The van der Waals surface area contributed by atoms with Crippen LogP contribution in [0.5, 0.6) is 0 Å². The van der Waals surface area contributed by atoms with E-state index in [-0.39, 0.29) is 0 Å².